The van der Waals surface area contributed by atoms with E-state index in [2.05, 4.69) is 15.6 Å². The summed E-state index contributed by atoms with van der Waals surface area (Å²) in [4.78, 5) is 15.9. The SMILES string of the molecule is O=C(NCc1ccccn1)[C@H]1CCCCN1. The van der Waals surface area contributed by atoms with Gasteiger partial charge in [0.05, 0.1) is 18.3 Å². The number of piperidine rings is 1. The minimum atomic E-state index is -0.0162. The molecule has 2 heterocycles. The highest BCUT2D eigenvalue weighted by Gasteiger charge is 2.19. The van der Waals surface area contributed by atoms with Crippen LogP contribution >= 0.6 is 0 Å². The first-order chi connectivity index (χ1) is 7.86. The van der Waals surface area contributed by atoms with Crippen LogP contribution < -0.4 is 10.6 Å². The average molecular weight is 219 g/mol. The third-order valence-corrected chi connectivity index (χ3v) is 2.80. The molecule has 2 N–H and O–H groups in total. The molecule has 1 atom stereocenters. The number of nitrogens with zero attached hydrogens (tertiary/aromatic N) is 1. The van der Waals surface area contributed by atoms with Crippen molar-refractivity contribution in [1.82, 2.24) is 15.6 Å². The molecular weight excluding hydrogens is 202 g/mol. The Morgan fingerprint density at radius 3 is 3.12 bits per heavy atom. The third-order valence-electron chi connectivity index (χ3n) is 2.80. The molecule has 0 unspecified atom stereocenters. The van der Waals surface area contributed by atoms with Gasteiger partial charge in [0.1, 0.15) is 0 Å². The highest BCUT2D eigenvalue weighted by molar-refractivity contribution is 5.81. The maximum atomic E-state index is 11.8. The molecule has 0 aromatic carbocycles. The molecule has 0 saturated carbocycles. The second-order valence-electron chi connectivity index (χ2n) is 4.04. The molecule has 0 spiro atoms. The van der Waals surface area contributed by atoms with Crippen molar-refractivity contribution in [1.29, 1.82) is 0 Å². The van der Waals surface area contributed by atoms with Crippen LogP contribution in [0.25, 0.3) is 0 Å². The number of carbonyl (C=O) groups is 1. The van der Waals surface area contributed by atoms with Crippen molar-refractivity contribution in [2.75, 3.05) is 6.54 Å². The van der Waals surface area contributed by atoms with Crippen LogP contribution in [0.2, 0.25) is 0 Å². The van der Waals surface area contributed by atoms with Crippen LogP contribution in [0.3, 0.4) is 0 Å². The predicted molar refractivity (Wildman–Crippen MR) is 61.7 cm³/mol. The van der Waals surface area contributed by atoms with Crippen LogP contribution in [-0.2, 0) is 11.3 Å². The predicted octanol–water partition coefficient (Wildman–Crippen LogP) is 0.840. The maximum absolute atomic E-state index is 11.8. The summed E-state index contributed by atoms with van der Waals surface area (Å²) in [6, 6.07) is 5.69. The molecule has 4 nitrogen and oxygen atoms in total. The summed E-state index contributed by atoms with van der Waals surface area (Å²) >= 11 is 0. The Balaban J connectivity index is 1.79. The quantitative estimate of drug-likeness (QED) is 0.792. The van der Waals surface area contributed by atoms with Gasteiger partial charge in [0.15, 0.2) is 0 Å². The molecule has 1 fully saturated rings. The molecule has 1 aliphatic rings. The maximum Gasteiger partial charge on any atom is 0.237 e. The zero-order valence-electron chi connectivity index (χ0n) is 9.28. The zero-order valence-corrected chi connectivity index (χ0v) is 9.28. The number of pyridine rings is 1. The van der Waals surface area contributed by atoms with E-state index in [9.17, 15) is 4.79 Å². The number of rotatable bonds is 3. The van der Waals surface area contributed by atoms with Crippen molar-refractivity contribution in [2.45, 2.75) is 31.8 Å². The molecular formula is C12H17N3O. The minimum Gasteiger partial charge on any atom is -0.349 e. The van der Waals surface area contributed by atoms with Gasteiger partial charge < -0.3 is 10.6 Å². The Morgan fingerprint density at radius 1 is 1.50 bits per heavy atom. The number of hydrogen-bond donors (Lipinski definition) is 2. The first-order valence-electron chi connectivity index (χ1n) is 5.77. The van der Waals surface area contributed by atoms with Gasteiger partial charge in [-0.1, -0.05) is 12.5 Å². The van der Waals surface area contributed by atoms with Crippen LogP contribution in [0.15, 0.2) is 24.4 Å². The molecule has 0 bridgehead atoms. The van der Waals surface area contributed by atoms with Gasteiger partial charge in [-0.2, -0.15) is 0 Å². The van der Waals surface area contributed by atoms with Gasteiger partial charge in [0.2, 0.25) is 5.91 Å². The van der Waals surface area contributed by atoms with E-state index in [4.69, 9.17) is 0 Å². The Bertz CT molecular complexity index is 333. The van der Waals surface area contributed by atoms with Gasteiger partial charge in [0.25, 0.3) is 0 Å². The summed E-state index contributed by atoms with van der Waals surface area (Å²) < 4.78 is 0. The molecule has 86 valence electrons. The van der Waals surface area contributed by atoms with E-state index in [1.54, 1.807) is 6.20 Å². The number of carbonyl (C=O) groups excluding carboxylic acids is 1. The molecule has 1 saturated heterocycles. The molecule has 1 aromatic rings. The van der Waals surface area contributed by atoms with Crippen molar-refractivity contribution in [3.8, 4) is 0 Å². The van der Waals surface area contributed by atoms with Gasteiger partial charge >= 0.3 is 0 Å². The van der Waals surface area contributed by atoms with Crippen molar-refractivity contribution in [3.05, 3.63) is 30.1 Å². The largest absolute Gasteiger partial charge is 0.349 e. The standard InChI is InChI=1S/C12H17N3O/c16-12(11-6-2-4-8-14-11)15-9-10-5-1-3-7-13-10/h1,3,5,7,11,14H,2,4,6,8-9H2,(H,15,16)/t11-/m1/s1. The van der Waals surface area contributed by atoms with E-state index in [-0.39, 0.29) is 11.9 Å². The second-order valence-corrected chi connectivity index (χ2v) is 4.04. The van der Waals surface area contributed by atoms with Crippen LogP contribution in [0, 0.1) is 0 Å². The molecule has 1 aliphatic heterocycles. The van der Waals surface area contributed by atoms with Gasteiger partial charge in [0, 0.05) is 6.20 Å². The van der Waals surface area contributed by atoms with Crippen LogP contribution in [-0.4, -0.2) is 23.5 Å². The van der Waals surface area contributed by atoms with Crippen LogP contribution in [0.4, 0.5) is 0 Å². The van der Waals surface area contributed by atoms with Gasteiger partial charge in [-0.15, -0.1) is 0 Å². The van der Waals surface area contributed by atoms with E-state index in [0.29, 0.717) is 6.54 Å². The zero-order chi connectivity index (χ0) is 11.2. The fraction of sp³-hybridized carbons (Fsp3) is 0.500. The Labute approximate surface area is 95.5 Å². The fourth-order valence-corrected chi connectivity index (χ4v) is 1.88. The van der Waals surface area contributed by atoms with Crippen LogP contribution in [0.1, 0.15) is 25.0 Å². The number of hydrogen-bond acceptors (Lipinski definition) is 3. The van der Waals surface area contributed by atoms with Crippen molar-refractivity contribution < 1.29 is 4.79 Å². The monoisotopic (exact) mass is 219 g/mol. The van der Waals surface area contributed by atoms with E-state index < -0.39 is 0 Å². The smallest absolute Gasteiger partial charge is 0.237 e. The second kappa shape index (κ2) is 5.61. The van der Waals surface area contributed by atoms with Crippen LogP contribution in [0.5, 0.6) is 0 Å². The Kier molecular flexibility index (Phi) is 3.88. The third kappa shape index (κ3) is 3.03. The lowest BCUT2D eigenvalue weighted by Gasteiger charge is -2.22. The van der Waals surface area contributed by atoms with Gasteiger partial charge in [-0.05, 0) is 31.5 Å². The highest BCUT2D eigenvalue weighted by atomic mass is 16.2. The molecule has 0 radical (unpaired) electrons. The van der Waals surface area contributed by atoms with E-state index in [1.807, 2.05) is 18.2 Å². The summed E-state index contributed by atoms with van der Waals surface area (Å²) in [6.07, 6.45) is 4.98. The van der Waals surface area contributed by atoms with E-state index >= 15 is 0 Å². The normalized spacial score (nSPS) is 20.4. The van der Waals surface area contributed by atoms with Crippen molar-refractivity contribution in [3.63, 3.8) is 0 Å². The lowest BCUT2D eigenvalue weighted by Crippen LogP contribution is -2.46. The van der Waals surface area contributed by atoms with Crippen molar-refractivity contribution >= 4 is 5.91 Å². The van der Waals surface area contributed by atoms with E-state index in [0.717, 1.165) is 25.1 Å². The summed E-state index contributed by atoms with van der Waals surface area (Å²) in [5.41, 5.74) is 0.895. The lowest BCUT2D eigenvalue weighted by molar-refractivity contribution is -0.123. The van der Waals surface area contributed by atoms with E-state index in [1.165, 1.54) is 6.42 Å². The van der Waals surface area contributed by atoms with Gasteiger partial charge in [-0.3, -0.25) is 9.78 Å². The molecule has 2 rings (SSSR count). The summed E-state index contributed by atoms with van der Waals surface area (Å²) in [5, 5.41) is 6.13. The first-order valence-corrected chi connectivity index (χ1v) is 5.77. The molecule has 0 aliphatic carbocycles. The van der Waals surface area contributed by atoms with Gasteiger partial charge in [-0.25, -0.2) is 0 Å². The first kappa shape index (κ1) is 11.1. The highest BCUT2D eigenvalue weighted by Crippen LogP contribution is 2.06. The summed E-state index contributed by atoms with van der Waals surface area (Å²) in [5.74, 6) is 0.0883. The summed E-state index contributed by atoms with van der Waals surface area (Å²) in [7, 11) is 0. The topological polar surface area (TPSA) is 54.0 Å². The lowest BCUT2D eigenvalue weighted by atomic mass is 10.0. The minimum absolute atomic E-state index is 0.0162. The fourth-order valence-electron chi connectivity index (χ4n) is 1.88. The molecule has 1 aromatic heterocycles. The summed E-state index contributed by atoms with van der Waals surface area (Å²) in [6.45, 7) is 1.46. The molecule has 4 heteroatoms. The van der Waals surface area contributed by atoms with Crippen molar-refractivity contribution in [2.24, 2.45) is 0 Å². The molecule has 1 amide bonds. The number of aromatic nitrogens is 1. The number of nitrogens with one attached hydrogen (secondary N) is 2. The molecule has 16 heavy (non-hydrogen) atoms. The Morgan fingerprint density at radius 2 is 2.44 bits per heavy atom. The Hall–Kier alpha value is -1.42. The number of amides is 1. The average Bonchev–Trinajstić information content (AvgIpc) is 2.38.